The van der Waals surface area contributed by atoms with Crippen LogP contribution < -0.4 is 11.1 Å². The van der Waals surface area contributed by atoms with Gasteiger partial charge in [-0.2, -0.15) is 0 Å². The molecule has 112 valence electrons. The lowest BCUT2D eigenvalue weighted by molar-refractivity contribution is -0.137. The van der Waals surface area contributed by atoms with Crippen molar-refractivity contribution >= 4 is 5.91 Å². The number of ether oxygens (including phenoxy) is 1. The second-order valence-electron chi connectivity index (χ2n) is 6.48. The summed E-state index contributed by atoms with van der Waals surface area (Å²) in [5.74, 6) is 1.03. The van der Waals surface area contributed by atoms with Crippen molar-refractivity contribution < 1.29 is 9.53 Å². The van der Waals surface area contributed by atoms with Crippen molar-refractivity contribution in [1.82, 2.24) is 5.32 Å². The third-order valence-electron chi connectivity index (χ3n) is 4.32. The Bertz CT molecular complexity index is 294. The summed E-state index contributed by atoms with van der Waals surface area (Å²) in [6.07, 6.45) is 4.32. The van der Waals surface area contributed by atoms with Crippen LogP contribution >= 0.6 is 0 Å². The van der Waals surface area contributed by atoms with Gasteiger partial charge in [-0.3, -0.25) is 4.79 Å². The highest BCUT2D eigenvalue weighted by Crippen LogP contribution is 2.34. The van der Waals surface area contributed by atoms with Gasteiger partial charge in [0.05, 0.1) is 5.60 Å². The van der Waals surface area contributed by atoms with Gasteiger partial charge in [0, 0.05) is 12.6 Å². The zero-order valence-electron chi connectivity index (χ0n) is 12.9. The van der Waals surface area contributed by atoms with Crippen LogP contribution in [-0.4, -0.2) is 30.7 Å². The maximum absolute atomic E-state index is 11.9. The maximum Gasteiger partial charge on any atom is 0.246 e. The Morgan fingerprint density at radius 2 is 2.16 bits per heavy atom. The normalized spacial score (nSPS) is 29.3. The summed E-state index contributed by atoms with van der Waals surface area (Å²) < 4.78 is 5.90. The number of carbonyl (C=O) groups is 1. The molecule has 4 nitrogen and oxygen atoms in total. The fourth-order valence-corrected chi connectivity index (χ4v) is 2.67. The largest absolute Gasteiger partial charge is 0.364 e. The Morgan fingerprint density at radius 1 is 1.47 bits per heavy atom. The smallest absolute Gasteiger partial charge is 0.246 e. The van der Waals surface area contributed by atoms with Crippen LogP contribution in [0.3, 0.4) is 0 Å². The molecule has 3 N–H and O–H groups in total. The fraction of sp³-hybridized carbons (Fsp3) is 0.933. The molecule has 1 amide bonds. The summed E-state index contributed by atoms with van der Waals surface area (Å²) in [5, 5.41) is 2.97. The van der Waals surface area contributed by atoms with E-state index in [9.17, 15) is 4.79 Å². The van der Waals surface area contributed by atoms with E-state index in [0.29, 0.717) is 18.4 Å². The molecule has 1 aliphatic carbocycles. The van der Waals surface area contributed by atoms with Crippen molar-refractivity contribution in [3.8, 4) is 0 Å². The molecule has 4 heteroatoms. The summed E-state index contributed by atoms with van der Waals surface area (Å²) in [6, 6.07) is 0.176. The SMILES string of the molecule is CC1CCCC(CN)(OCC(=O)NC(C)C(C)C)C1. The molecule has 1 saturated carbocycles. The number of amides is 1. The first kappa shape index (κ1) is 16.4. The molecule has 1 rings (SSSR count). The van der Waals surface area contributed by atoms with E-state index in [2.05, 4.69) is 26.1 Å². The molecule has 19 heavy (non-hydrogen) atoms. The fourth-order valence-electron chi connectivity index (χ4n) is 2.67. The molecule has 0 aliphatic heterocycles. The molecule has 3 atom stereocenters. The van der Waals surface area contributed by atoms with Gasteiger partial charge in [-0.15, -0.1) is 0 Å². The number of hydrogen-bond donors (Lipinski definition) is 2. The van der Waals surface area contributed by atoms with E-state index in [4.69, 9.17) is 10.5 Å². The van der Waals surface area contributed by atoms with Gasteiger partial charge in [0.15, 0.2) is 0 Å². The van der Waals surface area contributed by atoms with E-state index in [-0.39, 0.29) is 24.2 Å². The summed E-state index contributed by atoms with van der Waals surface area (Å²) >= 11 is 0. The predicted octanol–water partition coefficient (Wildman–Crippen LogP) is 2.07. The number of rotatable bonds is 6. The van der Waals surface area contributed by atoms with Gasteiger partial charge in [-0.1, -0.05) is 33.6 Å². The Labute approximate surface area is 117 Å². The zero-order chi connectivity index (χ0) is 14.5. The molecule has 1 aliphatic rings. The van der Waals surface area contributed by atoms with Crippen molar-refractivity contribution in [1.29, 1.82) is 0 Å². The molecule has 0 aromatic heterocycles. The van der Waals surface area contributed by atoms with E-state index >= 15 is 0 Å². The Morgan fingerprint density at radius 3 is 2.68 bits per heavy atom. The van der Waals surface area contributed by atoms with Crippen LogP contribution in [0.25, 0.3) is 0 Å². The van der Waals surface area contributed by atoms with Crippen molar-refractivity contribution in [2.75, 3.05) is 13.2 Å². The van der Waals surface area contributed by atoms with E-state index in [1.54, 1.807) is 0 Å². The number of nitrogens with two attached hydrogens (primary N) is 1. The van der Waals surface area contributed by atoms with E-state index < -0.39 is 0 Å². The molecule has 3 unspecified atom stereocenters. The predicted molar refractivity (Wildman–Crippen MR) is 77.8 cm³/mol. The molecular weight excluding hydrogens is 240 g/mol. The molecule has 0 saturated heterocycles. The lowest BCUT2D eigenvalue weighted by Gasteiger charge is -2.39. The van der Waals surface area contributed by atoms with Crippen molar-refractivity contribution in [2.24, 2.45) is 17.6 Å². The lowest BCUT2D eigenvalue weighted by atomic mass is 9.79. The van der Waals surface area contributed by atoms with Crippen LogP contribution in [-0.2, 0) is 9.53 Å². The first-order valence-corrected chi connectivity index (χ1v) is 7.52. The van der Waals surface area contributed by atoms with Crippen LogP contribution in [0.5, 0.6) is 0 Å². The van der Waals surface area contributed by atoms with Gasteiger partial charge in [0.25, 0.3) is 0 Å². The average Bonchev–Trinajstić information content (AvgIpc) is 2.36. The summed E-state index contributed by atoms with van der Waals surface area (Å²) in [7, 11) is 0. The van der Waals surface area contributed by atoms with E-state index in [1.165, 1.54) is 6.42 Å². The van der Waals surface area contributed by atoms with Gasteiger partial charge >= 0.3 is 0 Å². The number of hydrogen-bond acceptors (Lipinski definition) is 3. The molecule has 0 aromatic rings. The second-order valence-corrected chi connectivity index (χ2v) is 6.48. The van der Waals surface area contributed by atoms with Crippen LogP contribution in [0, 0.1) is 11.8 Å². The van der Waals surface area contributed by atoms with Crippen LogP contribution in [0.4, 0.5) is 0 Å². The van der Waals surface area contributed by atoms with Crippen LogP contribution in [0.15, 0.2) is 0 Å². The third-order valence-corrected chi connectivity index (χ3v) is 4.32. The molecule has 0 bridgehead atoms. The highest BCUT2D eigenvalue weighted by atomic mass is 16.5. The maximum atomic E-state index is 11.9. The number of nitrogens with one attached hydrogen (secondary N) is 1. The minimum atomic E-state index is -0.282. The Kier molecular flexibility index (Phi) is 6.27. The molecule has 0 radical (unpaired) electrons. The van der Waals surface area contributed by atoms with Crippen molar-refractivity contribution in [2.45, 2.75) is 65.0 Å². The Balaban J connectivity index is 2.42. The summed E-state index contributed by atoms with van der Waals surface area (Å²) in [6.45, 7) is 9.06. The summed E-state index contributed by atoms with van der Waals surface area (Å²) in [4.78, 5) is 11.9. The van der Waals surface area contributed by atoms with Gasteiger partial charge in [-0.25, -0.2) is 0 Å². The van der Waals surface area contributed by atoms with E-state index in [1.807, 2.05) is 6.92 Å². The summed E-state index contributed by atoms with van der Waals surface area (Å²) in [5.41, 5.74) is 5.60. The van der Waals surface area contributed by atoms with E-state index in [0.717, 1.165) is 19.3 Å². The van der Waals surface area contributed by atoms with Gasteiger partial charge in [-0.05, 0) is 31.6 Å². The molecular formula is C15H30N2O2. The quantitative estimate of drug-likeness (QED) is 0.776. The lowest BCUT2D eigenvalue weighted by Crippen LogP contribution is -2.47. The Hall–Kier alpha value is -0.610. The van der Waals surface area contributed by atoms with Crippen LogP contribution in [0.2, 0.25) is 0 Å². The molecule has 0 spiro atoms. The zero-order valence-corrected chi connectivity index (χ0v) is 12.9. The van der Waals surface area contributed by atoms with Crippen molar-refractivity contribution in [3.63, 3.8) is 0 Å². The van der Waals surface area contributed by atoms with Gasteiger partial charge < -0.3 is 15.8 Å². The standard InChI is InChI=1S/C15H30N2O2/c1-11(2)13(4)17-14(18)9-19-15(10-16)7-5-6-12(3)8-15/h11-13H,5-10,16H2,1-4H3,(H,17,18). The number of carbonyl (C=O) groups excluding carboxylic acids is 1. The molecule has 1 fully saturated rings. The first-order chi connectivity index (χ1) is 8.88. The van der Waals surface area contributed by atoms with Gasteiger partial charge in [0.1, 0.15) is 6.61 Å². The third kappa shape index (κ3) is 5.11. The molecule has 0 aromatic carbocycles. The highest BCUT2D eigenvalue weighted by Gasteiger charge is 2.35. The highest BCUT2D eigenvalue weighted by molar-refractivity contribution is 5.77. The van der Waals surface area contributed by atoms with Crippen LogP contribution in [0.1, 0.15) is 53.4 Å². The van der Waals surface area contributed by atoms with Gasteiger partial charge in [0.2, 0.25) is 5.91 Å². The minimum absolute atomic E-state index is 0.0350. The topological polar surface area (TPSA) is 64.3 Å². The monoisotopic (exact) mass is 270 g/mol. The second kappa shape index (κ2) is 7.25. The first-order valence-electron chi connectivity index (χ1n) is 7.52. The molecule has 0 heterocycles. The minimum Gasteiger partial charge on any atom is -0.364 e. The average molecular weight is 270 g/mol. The van der Waals surface area contributed by atoms with Crippen molar-refractivity contribution in [3.05, 3.63) is 0 Å².